The molecule has 3 amide bonds. The molecule has 33 heavy (non-hydrogen) atoms. The molecule has 1 heterocycles. The maximum atomic E-state index is 13.9. The van der Waals surface area contributed by atoms with E-state index in [1.165, 1.54) is 0 Å². The van der Waals surface area contributed by atoms with Gasteiger partial charge in [-0.05, 0) is 56.2 Å². The number of hydrogen-bond donors (Lipinski definition) is 1. The second kappa shape index (κ2) is 9.40. The molecule has 1 fully saturated rings. The maximum absolute atomic E-state index is 13.9. The number of anilines is 2. The van der Waals surface area contributed by atoms with Gasteiger partial charge in [-0.1, -0.05) is 35.4 Å². The van der Waals surface area contributed by atoms with Gasteiger partial charge in [-0.2, -0.15) is 0 Å². The van der Waals surface area contributed by atoms with E-state index in [1.54, 1.807) is 29.2 Å². The zero-order valence-corrected chi connectivity index (χ0v) is 18.6. The normalized spacial score (nSPS) is 13.9. The van der Waals surface area contributed by atoms with Crippen LogP contribution in [0.1, 0.15) is 33.5 Å². The Morgan fingerprint density at radius 2 is 1.73 bits per heavy atom. The van der Waals surface area contributed by atoms with Crippen LogP contribution in [0.25, 0.3) is 0 Å². The molecular weight excluding hydrogens is 424 g/mol. The van der Waals surface area contributed by atoms with Gasteiger partial charge in [-0.15, -0.1) is 0 Å². The van der Waals surface area contributed by atoms with E-state index in [0.717, 1.165) is 35.2 Å². The third kappa shape index (κ3) is 5.19. The zero-order valence-electron chi connectivity index (χ0n) is 18.6. The van der Waals surface area contributed by atoms with Gasteiger partial charge in [0.25, 0.3) is 5.91 Å². The lowest BCUT2D eigenvalue weighted by molar-refractivity contribution is 0.102. The Balaban J connectivity index is 1.50. The molecule has 1 N–H and O–H groups in total. The molecule has 1 aliphatic heterocycles. The van der Waals surface area contributed by atoms with Crippen LogP contribution in [0.15, 0.2) is 60.7 Å². The number of benzene rings is 3. The zero-order chi connectivity index (χ0) is 23.5. The first-order valence-corrected chi connectivity index (χ1v) is 10.8. The van der Waals surface area contributed by atoms with Crippen LogP contribution < -0.4 is 10.2 Å². The highest BCUT2D eigenvalue weighted by atomic mass is 19.1. The van der Waals surface area contributed by atoms with Crippen LogP contribution in [0.3, 0.4) is 0 Å². The Bertz CT molecular complexity index is 1190. The average Bonchev–Trinajstić information content (AvgIpc) is 2.74. The first-order valence-electron chi connectivity index (χ1n) is 10.8. The summed E-state index contributed by atoms with van der Waals surface area (Å²) in [5.41, 5.74) is 4.21. The van der Waals surface area contributed by atoms with Crippen molar-refractivity contribution in [1.82, 2.24) is 4.90 Å². The van der Waals surface area contributed by atoms with Gasteiger partial charge in [0.1, 0.15) is 11.6 Å². The number of nitrogens with zero attached hydrogens (tertiary/aromatic N) is 2. The van der Waals surface area contributed by atoms with Crippen molar-refractivity contribution in [1.29, 1.82) is 0 Å². The Kier molecular flexibility index (Phi) is 6.40. The number of nitrogens with one attached hydrogen (secondary N) is 1. The topological polar surface area (TPSA) is 52.6 Å². The number of amides is 3. The molecule has 0 spiro atoms. The van der Waals surface area contributed by atoms with Crippen molar-refractivity contribution in [3.8, 4) is 0 Å². The molecule has 3 aromatic carbocycles. The Labute approximate surface area is 191 Å². The molecule has 0 radical (unpaired) electrons. The van der Waals surface area contributed by atoms with Crippen LogP contribution in [-0.2, 0) is 6.54 Å². The van der Waals surface area contributed by atoms with E-state index in [-0.39, 0.29) is 11.6 Å². The SMILES string of the molecule is Cc1cc(C)cc(CN2CCCN(c3cccc(NC(=O)c4ccc(F)cc4F)c3)C2=O)c1. The molecule has 1 saturated heterocycles. The quantitative estimate of drug-likeness (QED) is 0.546. The molecule has 7 heteroatoms. The van der Waals surface area contributed by atoms with Crippen LogP contribution in [0.4, 0.5) is 25.0 Å². The summed E-state index contributed by atoms with van der Waals surface area (Å²) in [4.78, 5) is 29.2. The standard InChI is InChI=1S/C26H25F2N3O2/c1-17-11-18(2)13-19(12-17)16-30-9-4-10-31(26(30)33)22-6-3-5-21(15-22)29-25(32)23-8-7-20(27)14-24(23)28/h3,5-8,11-15H,4,9-10,16H2,1-2H3,(H,29,32). The Morgan fingerprint density at radius 1 is 0.970 bits per heavy atom. The predicted molar refractivity (Wildman–Crippen MR) is 124 cm³/mol. The van der Waals surface area contributed by atoms with E-state index in [1.807, 2.05) is 18.7 Å². The second-order valence-corrected chi connectivity index (χ2v) is 8.33. The lowest BCUT2D eigenvalue weighted by Gasteiger charge is -2.36. The van der Waals surface area contributed by atoms with Crippen molar-refractivity contribution in [2.75, 3.05) is 23.3 Å². The minimum atomic E-state index is -0.933. The Morgan fingerprint density at radius 3 is 2.45 bits per heavy atom. The average molecular weight is 450 g/mol. The minimum absolute atomic E-state index is 0.103. The summed E-state index contributed by atoms with van der Waals surface area (Å²) in [6, 6.07) is 15.8. The number of rotatable bonds is 5. The monoisotopic (exact) mass is 449 g/mol. The molecule has 170 valence electrons. The summed E-state index contributed by atoms with van der Waals surface area (Å²) in [5.74, 6) is -2.37. The van der Waals surface area contributed by atoms with E-state index < -0.39 is 17.5 Å². The van der Waals surface area contributed by atoms with E-state index >= 15 is 0 Å². The van der Waals surface area contributed by atoms with Crippen molar-refractivity contribution in [2.45, 2.75) is 26.8 Å². The fraction of sp³-hybridized carbons (Fsp3) is 0.231. The van der Waals surface area contributed by atoms with Gasteiger partial charge in [0.15, 0.2) is 0 Å². The third-order valence-electron chi connectivity index (χ3n) is 5.56. The van der Waals surface area contributed by atoms with Gasteiger partial charge >= 0.3 is 6.03 Å². The highest BCUT2D eigenvalue weighted by Gasteiger charge is 2.27. The first kappa shape index (κ1) is 22.5. The van der Waals surface area contributed by atoms with Gasteiger partial charge in [0.05, 0.1) is 5.56 Å². The number of carbonyl (C=O) groups is 2. The molecule has 0 bridgehead atoms. The summed E-state index contributed by atoms with van der Waals surface area (Å²) in [6.45, 7) is 5.84. The van der Waals surface area contributed by atoms with Crippen molar-refractivity contribution in [2.24, 2.45) is 0 Å². The van der Waals surface area contributed by atoms with Crippen molar-refractivity contribution < 1.29 is 18.4 Å². The number of aryl methyl sites for hydroxylation is 2. The third-order valence-corrected chi connectivity index (χ3v) is 5.56. The van der Waals surface area contributed by atoms with Gasteiger partial charge in [-0.3, -0.25) is 9.69 Å². The molecule has 5 nitrogen and oxygen atoms in total. The van der Waals surface area contributed by atoms with Crippen molar-refractivity contribution in [3.05, 3.63) is 94.6 Å². The van der Waals surface area contributed by atoms with Crippen LogP contribution >= 0.6 is 0 Å². The van der Waals surface area contributed by atoms with Crippen molar-refractivity contribution in [3.63, 3.8) is 0 Å². The molecule has 3 aromatic rings. The van der Waals surface area contributed by atoms with E-state index in [2.05, 4.69) is 23.5 Å². The van der Waals surface area contributed by atoms with Crippen LogP contribution in [0.2, 0.25) is 0 Å². The van der Waals surface area contributed by atoms with E-state index in [0.29, 0.717) is 37.1 Å². The van der Waals surface area contributed by atoms with Crippen LogP contribution in [0, 0.1) is 25.5 Å². The number of halogens is 2. The Hall–Kier alpha value is -3.74. The van der Waals surface area contributed by atoms with Gasteiger partial charge in [0, 0.05) is 37.1 Å². The summed E-state index contributed by atoms with van der Waals surface area (Å²) >= 11 is 0. The number of carbonyl (C=O) groups excluding carboxylic acids is 2. The highest BCUT2D eigenvalue weighted by molar-refractivity contribution is 6.05. The fourth-order valence-electron chi connectivity index (χ4n) is 4.17. The number of urea groups is 1. The second-order valence-electron chi connectivity index (χ2n) is 8.33. The summed E-state index contributed by atoms with van der Waals surface area (Å²) in [7, 11) is 0. The van der Waals surface area contributed by atoms with Crippen LogP contribution in [-0.4, -0.2) is 29.9 Å². The molecule has 0 atom stereocenters. The highest BCUT2D eigenvalue weighted by Crippen LogP contribution is 2.25. The smallest absolute Gasteiger partial charge is 0.322 e. The first-order chi connectivity index (χ1) is 15.8. The van der Waals surface area contributed by atoms with Crippen LogP contribution in [0.5, 0.6) is 0 Å². The lowest BCUT2D eigenvalue weighted by Crippen LogP contribution is -2.49. The summed E-state index contributed by atoms with van der Waals surface area (Å²) in [5, 5.41) is 2.62. The van der Waals surface area contributed by atoms with Crippen molar-refractivity contribution >= 4 is 23.3 Å². The summed E-state index contributed by atoms with van der Waals surface area (Å²) in [6.07, 6.45) is 0.813. The van der Waals surface area contributed by atoms with E-state index in [4.69, 9.17) is 0 Å². The lowest BCUT2D eigenvalue weighted by atomic mass is 10.1. The largest absolute Gasteiger partial charge is 0.324 e. The molecule has 1 aliphatic rings. The molecule has 0 aromatic heterocycles. The minimum Gasteiger partial charge on any atom is -0.322 e. The molecule has 0 unspecified atom stereocenters. The number of hydrogen-bond acceptors (Lipinski definition) is 2. The molecular formula is C26H25F2N3O2. The molecule has 0 aliphatic carbocycles. The maximum Gasteiger partial charge on any atom is 0.324 e. The van der Waals surface area contributed by atoms with Gasteiger partial charge in [-0.25, -0.2) is 13.6 Å². The molecule has 0 saturated carbocycles. The van der Waals surface area contributed by atoms with E-state index in [9.17, 15) is 18.4 Å². The van der Waals surface area contributed by atoms with Gasteiger partial charge < -0.3 is 10.2 Å². The summed E-state index contributed by atoms with van der Waals surface area (Å²) < 4.78 is 27.1. The van der Waals surface area contributed by atoms with Gasteiger partial charge in [0.2, 0.25) is 0 Å². The fourth-order valence-corrected chi connectivity index (χ4v) is 4.17. The molecule has 4 rings (SSSR count). The predicted octanol–water partition coefficient (Wildman–Crippen LogP) is 5.67.